The van der Waals surface area contributed by atoms with Gasteiger partial charge in [0.2, 0.25) is 0 Å². The summed E-state index contributed by atoms with van der Waals surface area (Å²) >= 11 is 2.40. The van der Waals surface area contributed by atoms with Gasteiger partial charge >= 0.3 is 7.82 Å². The Morgan fingerprint density at radius 1 is 0.875 bits per heavy atom. The molecule has 0 amide bonds. The number of rotatable bonds is 11. The van der Waals surface area contributed by atoms with Gasteiger partial charge in [0.1, 0.15) is 0 Å². The molecule has 2 N–H and O–H groups in total. The lowest BCUT2D eigenvalue weighted by atomic mass is 10.1. The van der Waals surface area contributed by atoms with E-state index in [1.54, 1.807) is 0 Å². The van der Waals surface area contributed by atoms with Gasteiger partial charge < -0.3 is 9.79 Å². The number of phosphoric acid groups is 1. The molecule has 0 saturated heterocycles. The number of unbranched alkanes of at least 4 members (excludes halogenated alkanes) is 7. The summed E-state index contributed by atoms with van der Waals surface area (Å²) in [6.07, 6.45) is 9.30. The number of hydrogen-bond donors (Lipinski definition) is 2. The second-order valence-corrected chi connectivity index (χ2v) is 6.16. The molecule has 0 aliphatic rings. The molecule has 0 aromatic rings. The van der Waals surface area contributed by atoms with Gasteiger partial charge in [0.25, 0.3) is 0 Å². The molecule has 98 valence electrons. The average Bonchev–Trinajstić information content (AvgIpc) is 2.19. The van der Waals surface area contributed by atoms with Crippen molar-refractivity contribution in [2.24, 2.45) is 0 Å². The van der Waals surface area contributed by atoms with E-state index in [-0.39, 0.29) is 6.61 Å². The van der Waals surface area contributed by atoms with Gasteiger partial charge in [-0.2, -0.15) is 0 Å². The van der Waals surface area contributed by atoms with E-state index in [0.717, 1.165) is 19.3 Å². The lowest BCUT2D eigenvalue weighted by Crippen LogP contribution is -1.92. The van der Waals surface area contributed by atoms with Crippen molar-refractivity contribution in [3.8, 4) is 0 Å². The molecule has 0 atom stereocenters. The first-order chi connectivity index (χ1) is 7.56. The molecule has 0 unspecified atom stereocenters. The third-order valence-electron chi connectivity index (χ3n) is 2.29. The molecule has 0 spiro atoms. The monoisotopic (exact) mass is 364 g/mol. The van der Waals surface area contributed by atoms with Crippen LogP contribution in [-0.4, -0.2) is 20.8 Å². The minimum absolute atomic E-state index is 0.166. The third kappa shape index (κ3) is 14.8. The van der Waals surface area contributed by atoms with Crippen molar-refractivity contribution in [2.45, 2.75) is 51.4 Å². The van der Waals surface area contributed by atoms with Gasteiger partial charge in [-0.3, -0.25) is 4.52 Å². The van der Waals surface area contributed by atoms with Crippen LogP contribution < -0.4 is 0 Å². The molecule has 0 fully saturated rings. The van der Waals surface area contributed by atoms with E-state index in [1.165, 1.54) is 36.5 Å². The van der Waals surface area contributed by atoms with E-state index in [1.807, 2.05) is 0 Å². The Morgan fingerprint density at radius 2 is 1.31 bits per heavy atom. The SMILES string of the molecule is O=P(O)(O)OCCCCCCCCCCI. The van der Waals surface area contributed by atoms with Gasteiger partial charge in [-0.1, -0.05) is 61.1 Å². The quantitative estimate of drug-likeness (QED) is 0.254. The van der Waals surface area contributed by atoms with Crippen LogP contribution in [0.25, 0.3) is 0 Å². The van der Waals surface area contributed by atoms with E-state index in [4.69, 9.17) is 9.79 Å². The fourth-order valence-corrected chi connectivity index (χ4v) is 2.35. The van der Waals surface area contributed by atoms with Crippen LogP contribution >= 0.6 is 30.4 Å². The van der Waals surface area contributed by atoms with E-state index in [0.29, 0.717) is 0 Å². The maximum atomic E-state index is 10.3. The fraction of sp³-hybridized carbons (Fsp3) is 1.00. The first kappa shape index (κ1) is 16.8. The van der Waals surface area contributed by atoms with Crippen molar-refractivity contribution >= 4 is 30.4 Å². The molecule has 0 aromatic carbocycles. The summed E-state index contributed by atoms with van der Waals surface area (Å²) < 4.78 is 15.9. The Bertz CT molecular complexity index is 195. The summed E-state index contributed by atoms with van der Waals surface area (Å²) in [5, 5.41) is 0. The van der Waals surface area contributed by atoms with Crippen molar-refractivity contribution < 1.29 is 18.9 Å². The summed E-state index contributed by atoms with van der Waals surface area (Å²) in [5.41, 5.74) is 0. The standard InChI is InChI=1S/C10H22IO4P/c11-9-7-5-3-1-2-4-6-8-10-15-16(12,13)14/h1-10H2,(H2,12,13,14). The van der Waals surface area contributed by atoms with E-state index >= 15 is 0 Å². The molecule has 0 bridgehead atoms. The number of halogens is 1. The topological polar surface area (TPSA) is 66.8 Å². The molecule has 0 aromatic heterocycles. The van der Waals surface area contributed by atoms with Crippen LogP contribution in [0.2, 0.25) is 0 Å². The Balaban J connectivity index is 3.02. The van der Waals surface area contributed by atoms with E-state index in [9.17, 15) is 4.57 Å². The van der Waals surface area contributed by atoms with Crippen molar-refractivity contribution in [3.05, 3.63) is 0 Å². The van der Waals surface area contributed by atoms with Gasteiger partial charge in [0, 0.05) is 0 Å². The Labute approximate surface area is 112 Å². The Morgan fingerprint density at radius 3 is 1.75 bits per heavy atom. The summed E-state index contributed by atoms with van der Waals surface area (Å²) in [5.74, 6) is 0. The second-order valence-electron chi connectivity index (χ2n) is 3.84. The molecule has 0 aliphatic carbocycles. The van der Waals surface area contributed by atoms with Crippen LogP contribution in [0.1, 0.15) is 51.4 Å². The van der Waals surface area contributed by atoms with Crippen LogP contribution in [0.4, 0.5) is 0 Å². The fourth-order valence-electron chi connectivity index (χ4n) is 1.44. The highest BCUT2D eigenvalue weighted by Crippen LogP contribution is 2.35. The first-order valence-electron chi connectivity index (χ1n) is 5.82. The van der Waals surface area contributed by atoms with Crippen molar-refractivity contribution in [3.63, 3.8) is 0 Å². The van der Waals surface area contributed by atoms with Crippen molar-refractivity contribution in [2.75, 3.05) is 11.0 Å². The minimum Gasteiger partial charge on any atom is -0.303 e. The van der Waals surface area contributed by atoms with Crippen molar-refractivity contribution in [1.82, 2.24) is 0 Å². The maximum absolute atomic E-state index is 10.3. The molecule has 0 heterocycles. The second kappa shape index (κ2) is 11.0. The molecular formula is C10H22IO4P. The van der Waals surface area contributed by atoms with Crippen LogP contribution in [0.15, 0.2) is 0 Å². The normalized spacial score (nSPS) is 11.9. The average molecular weight is 364 g/mol. The van der Waals surface area contributed by atoms with Gasteiger partial charge in [0.05, 0.1) is 6.61 Å². The lowest BCUT2D eigenvalue weighted by Gasteiger charge is -2.04. The molecule has 0 saturated carbocycles. The lowest BCUT2D eigenvalue weighted by molar-refractivity contribution is 0.193. The smallest absolute Gasteiger partial charge is 0.303 e. The van der Waals surface area contributed by atoms with E-state index in [2.05, 4.69) is 27.1 Å². The molecule has 0 rings (SSSR count). The largest absolute Gasteiger partial charge is 0.469 e. The predicted octanol–water partition coefficient (Wildman–Crippen LogP) is 3.65. The summed E-state index contributed by atoms with van der Waals surface area (Å²) in [4.78, 5) is 16.9. The van der Waals surface area contributed by atoms with Crippen LogP contribution in [0, 0.1) is 0 Å². The van der Waals surface area contributed by atoms with Crippen LogP contribution in [0.3, 0.4) is 0 Å². The molecule has 0 radical (unpaired) electrons. The Hall–Kier alpha value is 0.840. The highest BCUT2D eigenvalue weighted by atomic mass is 127. The molecule has 0 aliphatic heterocycles. The molecule has 6 heteroatoms. The zero-order chi connectivity index (χ0) is 12.3. The number of phosphoric ester groups is 1. The summed E-state index contributed by atoms with van der Waals surface area (Å²) in [6, 6.07) is 0. The number of hydrogen-bond acceptors (Lipinski definition) is 2. The highest BCUT2D eigenvalue weighted by molar-refractivity contribution is 14.1. The summed E-state index contributed by atoms with van der Waals surface area (Å²) in [7, 11) is -4.24. The predicted molar refractivity (Wildman–Crippen MR) is 73.8 cm³/mol. The van der Waals surface area contributed by atoms with Gasteiger partial charge in [-0.05, 0) is 17.3 Å². The molecular weight excluding hydrogens is 342 g/mol. The zero-order valence-corrected chi connectivity index (χ0v) is 12.7. The Kier molecular flexibility index (Phi) is 11.5. The van der Waals surface area contributed by atoms with Gasteiger partial charge in [-0.25, -0.2) is 4.57 Å². The highest BCUT2D eigenvalue weighted by Gasteiger charge is 2.12. The number of alkyl halides is 1. The van der Waals surface area contributed by atoms with Crippen molar-refractivity contribution in [1.29, 1.82) is 0 Å². The molecule has 4 nitrogen and oxygen atoms in total. The summed E-state index contributed by atoms with van der Waals surface area (Å²) in [6.45, 7) is 0.166. The van der Waals surface area contributed by atoms with Crippen LogP contribution in [0.5, 0.6) is 0 Å². The van der Waals surface area contributed by atoms with Crippen LogP contribution in [-0.2, 0) is 9.09 Å². The molecule has 16 heavy (non-hydrogen) atoms. The van der Waals surface area contributed by atoms with Gasteiger partial charge in [0.15, 0.2) is 0 Å². The van der Waals surface area contributed by atoms with Gasteiger partial charge in [-0.15, -0.1) is 0 Å². The minimum atomic E-state index is -4.24. The van der Waals surface area contributed by atoms with E-state index < -0.39 is 7.82 Å². The first-order valence-corrected chi connectivity index (χ1v) is 8.88. The maximum Gasteiger partial charge on any atom is 0.469 e. The zero-order valence-electron chi connectivity index (χ0n) is 9.61. The third-order valence-corrected chi connectivity index (χ3v) is 3.57.